The number of oxime groups is 1. The highest BCUT2D eigenvalue weighted by Gasteiger charge is 1.97. The topological polar surface area (TPSA) is 21.6 Å². The normalized spacial score (nSPS) is 10.9. The van der Waals surface area contributed by atoms with Gasteiger partial charge in [-0.1, -0.05) is 55.9 Å². The van der Waals surface area contributed by atoms with Crippen LogP contribution in [0.3, 0.4) is 0 Å². The lowest BCUT2D eigenvalue weighted by Gasteiger charge is -2.04. The standard InChI is InChI=1S/C13H17NO/c1-4-12-7-5-6-8-13(12)10-15-14-9-11(2)3/h4-9,11H,1,10H2,2-3H3. The van der Waals surface area contributed by atoms with Crippen molar-refractivity contribution in [1.82, 2.24) is 0 Å². The van der Waals surface area contributed by atoms with Crippen molar-refractivity contribution in [2.45, 2.75) is 20.5 Å². The van der Waals surface area contributed by atoms with E-state index in [9.17, 15) is 0 Å². The van der Waals surface area contributed by atoms with E-state index in [1.165, 1.54) is 0 Å². The summed E-state index contributed by atoms with van der Waals surface area (Å²) in [6.07, 6.45) is 3.61. The van der Waals surface area contributed by atoms with E-state index >= 15 is 0 Å². The molecule has 0 atom stereocenters. The van der Waals surface area contributed by atoms with Crippen molar-refractivity contribution in [3.05, 3.63) is 42.0 Å². The van der Waals surface area contributed by atoms with E-state index in [-0.39, 0.29) is 0 Å². The highest BCUT2D eigenvalue weighted by molar-refractivity contribution is 5.58. The minimum absolute atomic E-state index is 0.416. The smallest absolute Gasteiger partial charge is 0.142 e. The van der Waals surface area contributed by atoms with E-state index < -0.39 is 0 Å². The van der Waals surface area contributed by atoms with E-state index in [0.29, 0.717) is 12.5 Å². The molecule has 0 aliphatic heterocycles. The summed E-state index contributed by atoms with van der Waals surface area (Å²) in [7, 11) is 0. The van der Waals surface area contributed by atoms with Crippen LogP contribution in [0.25, 0.3) is 6.08 Å². The predicted molar refractivity (Wildman–Crippen MR) is 64.7 cm³/mol. The van der Waals surface area contributed by atoms with Gasteiger partial charge in [0, 0.05) is 6.21 Å². The average Bonchev–Trinajstić information content (AvgIpc) is 2.24. The van der Waals surface area contributed by atoms with Crippen LogP contribution in [0.2, 0.25) is 0 Å². The molecule has 0 saturated heterocycles. The largest absolute Gasteiger partial charge is 0.391 e. The fourth-order valence-electron chi connectivity index (χ4n) is 1.14. The summed E-state index contributed by atoms with van der Waals surface area (Å²) in [5, 5.41) is 3.88. The Bertz CT molecular complexity index is 342. The predicted octanol–water partition coefficient (Wildman–Crippen LogP) is 3.49. The Morgan fingerprint density at radius 2 is 2.13 bits per heavy atom. The van der Waals surface area contributed by atoms with Crippen LogP contribution in [0.1, 0.15) is 25.0 Å². The van der Waals surface area contributed by atoms with Crippen LogP contribution in [0.15, 0.2) is 36.0 Å². The van der Waals surface area contributed by atoms with Gasteiger partial charge < -0.3 is 4.84 Å². The second-order valence-electron chi connectivity index (χ2n) is 3.67. The molecule has 1 aromatic rings. The van der Waals surface area contributed by atoms with Gasteiger partial charge in [-0.05, 0) is 17.0 Å². The van der Waals surface area contributed by atoms with Gasteiger partial charge in [0.25, 0.3) is 0 Å². The lowest BCUT2D eigenvalue weighted by molar-refractivity contribution is 0.131. The Labute approximate surface area is 91.3 Å². The molecule has 0 N–H and O–H groups in total. The lowest BCUT2D eigenvalue weighted by Crippen LogP contribution is -1.93. The maximum atomic E-state index is 5.19. The Hall–Kier alpha value is -1.57. The van der Waals surface area contributed by atoms with Crippen LogP contribution in [-0.4, -0.2) is 6.21 Å². The zero-order valence-corrected chi connectivity index (χ0v) is 9.31. The van der Waals surface area contributed by atoms with Crippen LogP contribution < -0.4 is 0 Å². The van der Waals surface area contributed by atoms with Crippen molar-refractivity contribution in [2.75, 3.05) is 0 Å². The van der Waals surface area contributed by atoms with Gasteiger partial charge in [-0.2, -0.15) is 0 Å². The summed E-state index contributed by atoms with van der Waals surface area (Å²) in [5.74, 6) is 0.416. The summed E-state index contributed by atoms with van der Waals surface area (Å²) in [5.41, 5.74) is 2.20. The number of nitrogens with zero attached hydrogens (tertiary/aromatic N) is 1. The summed E-state index contributed by atoms with van der Waals surface area (Å²) < 4.78 is 0. The molecule has 0 unspecified atom stereocenters. The Balaban J connectivity index is 2.53. The van der Waals surface area contributed by atoms with Crippen molar-refractivity contribution in [3.8, 4) is 0 Å². The summed E-state index contributed by atoms with van der Waals surface area (Å²) in [6, 6.07) is 8.00. The molecule has 0 fully saturated rings. The van der Waals surface area contributed by atoms with Gasteiger partial charge in [-0.3, -0.25) is 0 Å². The van der Waals surface area contributed by atoms with Crippen LogP contribution in [0.5, 0.6) is 0 Å². The van der Waals surface area contributed by atoms with Crippen LogP contribution >= 0.6 is 0 Å². The van der Waals surface area contributed by atoms with E-state index in [1.54, 1.807) is 6.21 Å². The molecule has 0 aromatic heterocycles. The molecule has 80 valence electrons. The van der Waals surface area contributed by atoms with Crippen molar-refractivity contribution in [3.63, 3.8) is 0 Å². The number of benzene rings is 1. The zero-order valence-electron chi connectivity index (χ0n) is 9.31. The second kappa shape index (κ2) is 6.02. The molecule has 0 spiro atoms. The van der Waals surface area contributed by atoms with Gasteiger partial charge in [0.15, 0.2) is 0 Å². The molecule has 0 heterocycles. The minimum Gasteiger partial charge on any atom is -0.391 e. The van der Waals surface area contributed by atoms with E-state index in [0.717, 1.165) is 11.1 Å². The van der Waals surface area contributed by atoms with E-state index in [1.807, 2.05) is 30.3 Å². The number of hydrogen-bond donors (Lipinski definition) is 0. The summed E-state index contributed by atoms with van der Waals surface area (Å²) in [6.45, 7) is 8.37. The molecule has 0 aliphatic carbocycles. The van der Waals surface area contributed by atoms with Gasteiger partial charge in [0.1, 0.15) is 6.61 Å². The molecule has 15 heavy (non-hydrogen) atoms. The maximum absolute atomic E-state index is 5.19. The SMILES string of the molecule is C=Cc1ccccc1CON=CC(C)C. The molecule has 1 aromatic carbocycles. The Morgan fingerprint density at radius 1 is 1.40 bits per heavy atom. The quantitative estimate of drug-likeness (QED) is 0.530. The first kappa shape index (κ1) is 11.5. The molecule has 0 saturated carbocycles. The third-order valence-corrected chi connectivity index (χ3v) is 1.93. The Kier molecular flexibility index (Phi) is 4.61. The van der Waals surface area contributed by atoms with Crippen molar-refractivity contribution in [1.29, 1.82) is 0 Å². The first-order valence-electron chi connectivity index (χ1n) is 5.10. The molecule has 0 aliphatic rings. The lowest BCUT2D eigenvalue weighted by atomic mass is 10.1. The van der Waals surface area contributed by atoms with E-state index in [2.05, 4.69) is 25.6 Å². The maximum Gasteiger partial charge on any atom is 0.142 e. The van der Waals surface area contributed by atoms with Crippen LogP contribution in [0.4, 0.5) is 0 Å². The second-order valence-corrected chi connectivity index (χ2v) is 3.67. The monoisotopic (exact) mass is 203 g/mol. The van der Waals surface area contributed by atoms with Crippen molar-refractivity contribution >= 4 is 12.3 Å². The van der Waals surface area contributed by atoms with Crippen molar-refractivity contribution < 1.29 is 4.84 Å². The van der Waals surface area contributed by atoms with E-state index in [4.69, 9.17) is 4.84 Å². The molecular weight excluding hydrogens is 186 g/mol. The molecule has 2 heteroatoms. The van der Waals surface area contributed by atoms with Gasteiger partial charge in [0.05, 0.1) is 0 Å². The van der Waals surface area contributed by atoms with Gasteiger partial charge in [-0.25, -0.2) is 0 Å². The first-order chi connectivity index (χ1) is 7.24. The van der Waals surface area contributed by atoms with Crippen molar-refractivity contribution in [2.24, 2.45) is 11.1 Å². The zero-order chi connectivity index (χ0) is 11.1. The molecule has 0 bridgehead atoms. The molecule has 0 radical (unpaired) electrons. The Morgan fingerprint density at radius 3 is 2.80 bits per heavy atom. The molecule has 1 rings (SSSR count). The highest BCUT2D eigenvalue weighted by Crippen LogP contribution is 2.11. The minimum atomic E-state index is 0.416. The molecule has 0 amide bonds. The van der Waals surface area contributed by atoms with Gasteiger partial charge in [-0.15, -0.1) is 0 Å². The van der Waals surface area contributed by atoms with Gasteiger partial charge in [0.2, 0.25) is 0 Å². The number of rotatable bonds is 5. The fourth-order valence-corrected chi connectivity index (χ4v) is 1.14. The van der Waals surface area contributed by atoms with Gasteiger partial charge >= 0.3 is 0 Å². The average molecular weight is 203 g/mol. The fraction of sp³-hybridized carbons (Fsp3) is 0.308. The molecular formula is C13H17NO. The summed E-state index contributed by atoms with van der Waals surface area (Å²) >= 11 is 0. The van der Waals surface area contributed by atoms with Crippen LogP contribution in [0, 0.1) is 5.92 Å². The third kappa shape index (κ3) is 3.98. The van der Waals surface area contributed by atoms with Crippen LogP contribution in [-0.2, 0) is 11.4 Å². The number of hydrogen-bond acceptors (Lipinski definition) is 2. The molecule has 2 nitrogen and oxygen atoms in total. The highest BCUT2D eigenvalue weighted by atomic mass is 16.6. The summed E-state index contributed by atoms with van der Waals surface area (Å²) in [4.78, 5) is 5.19. The first-order valence-corrected chi connectivity index (χ1v) is 5.10. The third-order valence-electron chi connectivity index (χ3n) is 1.93.